The predicted octanol–water partition coefficient (Wildman–Crippen LogP) is 6.03. The molecule has 0 radical (unpaired) electrons. The molecule has 0 saturated heterocycles. The third-order valence-electron chi connectivity index (χ3n) is 4.53. The van der Waals surface area contributed by atoms with Gasteiger partial charge in [-0.3, -0.25) is 4.79 Å². The third kappa shape index (κ3) is 5.35. The molecule has 5 heteroatoms. The molecule has 0 aromatic heterocycles. The molecule has 0 heterocycles. The van der Waals surface area contributed by atoms with Crippen molar-refractivity contribution in [1.29, 1.82) is 0 Å². The number of carbonyl (C=O) groups is 1. The second-order valence-corrected chi connectivity index (χ2v) is 6.65. The molecular formula is C24H20F3NO. The SMILES string of the molecule is Cc1ccccc1C(=O)/C=C(\NCc1ccccc1)c1ccc(C(F)(F)F)cc1. The van der Waals surface area contributed by atoms with Crippen molar-refractivity contribution in [1.82, 2.24) is 5.32 Å². The van der Waals surface area contributed by atoms with Crippen LogP contribution in [0.4, 0.5) is 13.2 Å². The van der Waals surface area contributed by atoms with Gasteiger partial charge in [0, 0.05) is 23.9 Å². The van der Waals surface area contributed by atoms with Crippen molar-refractivity contribution in [3.63, 3.8) is 0 Å². The van der Waals surface area contributed by atoms with Crippen molar-refractivity contribution < 1.29 is 18.0 Å². The summed E-state index contributed by atoms with van der Waals surface area (Å²) in [5.41, 5.74) is 2.64. The lowest BCUT2D eigenvalue weighted by Gasteiger charge is -2.14. The maximum Gasteiger partial charge on any atom is 0.416 e. The Bertz CT molecular complexity index is 1010. The van der Waals surface area contributed by atoms with Gasteiger partial charge in [0.2, 0.25) is 0 Å². The summed E-state index contributed by atoms with van der Waals surface area (Å²) in [5, 5.41) is 3.19. The molecule has 29 heavy (non-hydrogen) atoms. The third-order valence-corrected chi connectivity index (χ3v) is 4.53. The molecule has 1 N–H and O–H groups in total. The molecule has 0 aliphatic carbocycles. The molecule has 0 aliphatic heterocycles. The Kier molecular flexibility index (Phi) is 6.17. The topological polar surface area (TPSA) is 29.1 Å². The molecule has 3 aromatic rings. The number of allylic oxidation sites excluding steroid dienone is 1. The number of hydrogen-bond donors (Lipinski definition) is 1. The first-order valence-corrected chi connectivity index (χ1v) is 9.11. The summed E-state index contributed by atoms with van der Waals surface area (Å²) in [6, 6.07) is 21.6. The minimum Gasteiger partial charge on any atom is -0.380 e. The van der Waals surface area contributed by atoms with E-state index in [-0.39, 0.29) is 5.78 Å². The number of benzene rings is 3. The normalized spacial score (nSPS) is 11.9. The van der Waals surface area contributed by atoms with Crippen LogP contribution < -0.4 is 5.32 Å². The van der Waals surface area contributed by atoms with Crippen molar-refractivity contribution in [2.45, 2.75) is 19.6 Å². The molecular weight excluding hydrogens is 375 g/mol. The maximum absolute atomic E-state index is 12.9. The van der Waals surface area contributed by atoms with Gasteiger partial charge in [-0.1, -0.05) is 66.7 Å². The standard InChI is InChI=1S/C24H20F3NO/c1-17-7-5-6-10-21(17)23(29)15-22(28-16-18-8-3-2-4-9-18)19-11-13-20(14-12-19)24(25,26)27/h2-15,28H,16H2,1H3/b22-15-. The average Bonchev–Trinajstić information content (AvgIpc) is 2.71. The molecule has 0 fully saturated rings. The van der Waals surface area contributed by atoms with Crippen LogP contribution in [0.3, 0.4) is 0 Å². The molecule has 148 valence electrons. The Hall–Kier alpha value is -3.34. The van der Waals surface area contributed by atoms with Crippen LogP contribution in [0.1, 0.15) is 32.6 Å². The largest absolute Gasteiger partial charge is 0.416 e. The molecule has 0 spiro atoms. The molecule has 2 nitrogen and oxygen atoms in total. The van der Waals surface area contributed by atoms with E-state index < -0.39 is 11.7 Å². The Labute approximate surface area is 167 Å². The number of halogens is 3. The van der Waals surface area contributed by atoms with Crippen LogP contribution >= 0.6 is 0 Å². The zero-order chi connectivity index (χ0) is 20.9. The van der Waals surface area contributed by atoms with E-state index in [1.54, 1.807) is 12.1 Å². The Morgan fingerprint density at radius 2 is 1.52 bits per heavy atom. The van der Waals surface area contributed by atoms with Crippen LogP contribution in [-0.4, -0.2) is 5.78 Å². The summed E-state index contributed by atoms with van der Waals surface area (Å²) >= 11 is 0. The number of alkyl halides is 3. The first kappa shape index (κ1) is 20.4. The van der Waals surface area contributed by atoms with Crippen LogP contribution in [0, 0.1) is 6.92 Å². The van der Waals surface area contributed by atoms with Gasteiger partial charge in [0.25, 0.3) is 0 Å². The molecule has 0 amide bonds. The van der Waals surface area contributed by atoms with E-state index in [9.17, 15) is 18.0 Å². The highest BCUT2D eigenvalue weighted by Crippen LogP contribution is 2.30. The number of rotatable bonds is 6. The highest BCUT2D eigenvalue weighted by molar-refractivity contribution is 6.09. The fraction of sp³-hybridized carbons (Fsp3) is 0.125. The summed E-state index contributed by atoms with van der Waals surface area (Å²) in [5.74, 6) is -0.210. The van der Waals surface area contributed by atoms with Crippen LogP contribution in [0.5, 0.6) is 0 Å². The molecule has 0 saturated carbocycles. The van der Waals surface area contributed by atoms with E-state index in [4.69, 9.17) is 0 Å². The Balaban J connectivity index is 1.92. The number of ketones is 1. The second kappa shape index (κ2) is 8.78. The fourth-order valence-electron chi connectivity index (χ4n) is 2.93. The lowest BCUT2D eigenvalue weighted by Crippen LogP contribution is -2.14. The van der Waals surface area contributed by atoms with Crippen molar-refractivity contribution in [3.05, 3.63) is 113 Å². The smallest absolute Gasteiger partial charge is 0.380 e. The van der Waals surface area contributed by atoms with Gasteiger partial charge in [-0.2, -0.15) is 13.2 Å². The van der Waals surface area contributed by atoms with E-state index in [0.717, 1.165) is 23.3 Å². The number of aryl methyl sites for hydroxylation is 1. The van der Waals surface area contributed by atoms with Gasteiger partial charge in [-0.05, 0) is 35.7 Å². The van der Waals surface area contributed by atoms with Gasteiger partial charge in [0.1, 0.15) is 0 Å². The van der Waals surface area contributed by atoms with Crippen LogP contribution in [0.2, 0.25) is 0 Å². The van der Waals surface area contributed by atoms with E-state index >= 15 is 0 Å². The van der Waals surface area contributed by atoms with Crippen molar-refractivity contribution in [3.8, 4) is 0 Å². The van der Waals surface area contributed by atoms with E-state index in [2.05, 4.69) is 5.32 Å². The highest BCUT2D eigenvalue weighted by atomic mass is 19.4. The summed E-state index contributed by atoms with van der Waals surface area (Å²) in [6.07, 6.45) is -2.97. The van der Waals surface area contributed by atoms with Crippen LogP contribution in [0.15, 0.2) is 84.9 Å². The lowest BCUT2D eigenvalue weighted by atomic mass is 10.0. The van der Waals surface area contributed by atoms with Crippen LogP contribution in [-0.2, 0) is 12.7 Å². The zero-order valence-corrected chi connectivity index (χ0v) is 15.8. The quantitative estimate of drug-likeness (QED) is 0.408. The van der Waals surface area contributed by atoms with Gasteiger partial charge in [0.15, 0.2) is 5.78 Å². The first-order valence-electron chi connectivity index (χ1n) is 9.11. The van der Waals surface area contributed by atoms with Crippen molar-refractivity contribution in [2.24, 2.45) is 0 Å². The summed E-state index contributed by atoms with van der Waals surface area (Å²) in [4.78, 5) is 12.8. The summed E-state index contributed by atoms with van der Waals surface area (Å²) in [7, 11) is 0. The molecule has 0 bridgehead atoms. The van der Waals surface area contributed by atoms with E-state index in [1.165, 1.54) is 18.2 Å². The molecule has 3 aromatic carbocycles. The minimum absolute atomic E-state index is 0.210. The maximum atomic E-state index is 12.9. The van der Waals surface area contributed by atoms with E-state index in [1.807, 2.05) is 49.4 Å². The highest BCUT2D eigenvalue weighted by Gasteiger charge is 2.30. The molecule has 3 rings (SSSR count). The van der Waals surface area contributed by atoms with Gasteiger partial charge < -0.3 is 5.32 Å². The Morgan fingerprint density at radius 1 is 0.897 bits per heavy atom. The van der Waals surface area contributed by atoms with Gasteiger partial charge in [0.05, 0.1) is 5.56 Å². The average molecular weight is 395 g/mol. The number of hydrogen-bond acceptors (Lipinski definition) is 2. The van der Waals surface area contributed by atoms with Crippen molar-refractivity contribution >= 4 is 11.5 Å². The first-order chi connectivity index (χ1) is 13.8. The number of nitrogens with one attached hydrogen (secondary N) is 1. The number of carbonyl (C=O) groups excluding carboxylic acids is 1. The molecule has 0 unspecified atom stereocenters. The zero-order valence-electron chi connectivity index (χ0n) is 15.8. The summed E-state index contributed by atoms with van der Waals surface area (Å²) in [6.45, 7) is 2.28. The monoisotopic (exact) mass is 395 g/mol. The molecule has 0 aliphatic rings. The minimum atomic E-state index is -4.41. The second-order valence-electron chi connectivity index (χ2n) is 6.65. The Morgan fingerprint density at radius 3 is 2.14 bits per heavy atom. The molecule has 0 atom stereocenters. The van der Waals surface area contributed by atoms with Gasteiger partial charge in [-0.15, -0.1) is 0 Å². The van der Waals surface area contributed by atoms with Crippen molar-refractivity contribution in [2.75, 3.05) is 0 Å². The van der Waals surface area contributed by atoms with Crippen LogP contribution in [0.25, 0.3) is 5.70 Å². The fourth-order valence-corrected chi connectivity index (χ4v) is 2.93. The lowest BCUT2D eigenvalue weighted by molar-refractivity contribution is -0.137. The van der Waals surface area contributed by atoms with Gasteiger partial charge >= 0.3 is 6.18 Å². The van der Waals surface area contributed by atoms with E-state index in [0.29, 0.717) is 23.4 Å². The van der Waals surface area contributed by atoms with Gasteiger partial charge in [-0.25, -0.2) is 0 Å². The predicted molar refractivity (Wildman–Crippen MR) is 108 cm³/mol. The summed E-state index contributed by atoms with van der Waals surface area (Å²) < 4.78 is 38.6.